The first kappa shape index (κ1) is 13.1. The van der Waals surface area contributed by atoms with Crippen LogP contribution in [0.15, 0.2) is 21.6 Å². The number of nitrogens with one attached hydrogen (secondary N) is 1. The minimum absolute atomic E-state index is 0.0440. The Kier molecular flexibility index (Phi) is 5.42. The van der Waals surface area contributed by atoms with E-state index >= 15 is 0 Å². The Morgan fingerprint density at radius 1 is 1.62 bits per heavy atom. The first-order chi connectivity index (χ1) is 7.67. The Hall–Kier alpha value is -0.940. The third-order valence-electron chi connectivity index (χ3n) is 2.18. The lowest BCUT2D eigenvalue weighted by atomic mass is 10.2. The molecule has 1 heterocycles. The number of hydrogen-bond acceptors (Lipinski definition) is 4. The number of hydrogen-bond donors (Lipinski definition) is 2. The SMILES string of the molecule is CSc1ccc(C(=O)NC(C)CCCO)o1. The molecule has 16 heavy (non-hydrogen) atoms. The summed E-state index contributed by atoms with van der Waals surface area (Å²) in [6.07, 6.45) is 3.35. The Bertz CT molecular complexity index is 338. The summed E-state index contributed by atoms with van der Waals surface area (Å²) >= 11 is 1.46. The number of rotatable bonds is 6. The van der Waals surface area contributed by atoms with Crippen molar-refractivity contribution in [2.45, 2.75) is 30.9 Å². The molecule has 1 atom stereocenters. The van der Waals surface area contributed by atoms with Crippen molar-refractivity contribution >= 4 is 17.7 Å². The molecular weight excluding hydrogens is 226 g/mol. The van der Waals surface area contributed by atoms with Gasteiger partial charge in [-0.2, -0.15) is 0 Å². The molecule has 1 amide bonds. The fourth-order valence-corrected chi connectivity index (χ4v) is 1.69. The van der Waals surface area contributed by atoms with E-state index in [1.165, 1.54) is 11.8 Å². The summed E-state index contributed by atoms with van der Waals surface area (Å²) in [5, 5.41) is 12.2. The van der Waals surface area contributed by atoms with Gasteiger partial charge in [0.05, 0.1) is 0 Å². The van der Waals surface area contributed by atoms with Crippen molar-refractivity contribution < 1.29 is 14.3 Å². The van der Waals surface area contributed by atoms with Gasteiger partial charge in [0.25, 0.3) is 5.91 Å². The summed E-state index contributed by atoms with van der Waals surface area (Å²) in [6, 6.07) is 3.49. The number of aliphatic hydroxyl groups excluding tert-OH is 1. The molecule has 0 radical (unpaired) electrons. The van der Waals surface area contributed by atoms with Crippen LogP contribution in [-0.4, -0.2) is 29.9 Å². The molecule has 0 fully saturated rings. The summed E-state index contributed by atoms with van der Waals surface area (Å²) < 4.78 is 5.30. The maximum Gasteiger partial charge on any atom is 0.287 e. The van der Waals surface area contributed by atoms with Crippen LogP contribution in [0.3, 0.4) is 0 Å². The van der Waals surface area contributed by atoms with Crippen molar-refractivity contribution in [2.75, 3.05) is 12.9 Å². The lowest BCUT2D eigenvalue weighted by Crippen LogP contribution is -2.32. The van der Waals surface area contributed by atoms with E-state index in [2.05, 4.69) is 5.32 Å². The van der Waals surface area contributed by atoms with Crippen LogP contribution in [0.2, 0.25) is 0 Å². The second-order valence-corrected chi connectivity index (χ2v) is 4.37. The molecule has 0 aliphatic heterocycles. The highest BCUT2D eigenvalue weighted by Gasteiger charge is 2.13. The highest BCUT2D eigenvalue weighted by molar-refractivity contribution is 7.98. The summed E-state index contributed by atoms with van der Waals surface area (Å²) in [6.45, 7) is 2.06. The fourth-order valence-electron chi connectivity index (χ4n) is 1.32. The largest absolute Gasteiger partial charge is 0.445 e. The molecule has 1 unspecified atom stereocenters. The van der Waals surface area contributed by atoms with Gasteiger partial charge in [0.1, 0.15) is 0 Å². The number of carbonyl (C=O) groups excluding carboxylic acids is 1. The van der Waals surface area contributed by atoms with Crippen molar-refractivity contribution in [1.29, 1.82) is 0 Å². The van der Waals surface area contributed by atoms with Gasteiger partial charge in [0.15, 0.2) is 10.9 Å². The van der Waals surface area contributed by atoms with E-state index in [0.29, 0.717) is 12.2 Å². The van der Waals surface area contributed by atoms with Crippen molar-refractivity contribution in [1.82, 2.24) is 5.32 Å². The third kappa shape index (κ3) is 3.90. The molecule has 0 spiro atoms. The Balaban J connectivity index is 2.45. The lowest BCUT2D eigenvalue weighted by Gasteiger charge is -2.11. The highest BCUT2D eigenvalue weighted by Crippen LogP contribution is 2.17. The average Bonchev–Trinajstić information content (AvgIpc) is 2.74. The molecule has 2 N–H and O–H groups in total. The molecule has 0 saturated carbocycles. The fraction of sp³-hybridized carbons (Fsp3) is 0.545. The Morgan fingerprint density at radius 2 is 2.38 bits per heavy atom. The van der Waals surface area contributed by atoms with Crippen LogP contribution in [0.5, 0.6) is 0 Å². The third-order valence-corrected chi connectivity index (χ3v) is 2.80. The summed E-state index contributed by atoms with van der Waals surface area (Å²) in [4.78, 5) is 11.7. The van der Waals surface area contributed by atoms with Crippen LogP contribution in [0.25, 0.3) is 0 Å². The maximum atomic E-state index is 11.7. The van der Waals surface area contributed by atoms with Gasteiger partial charge in [0.2, 0.25) is 0 Å². The summed E-state index contributed by atoms with van der Waals surface area (Å²) in [7, 11) is 0. The molecule has 0 aliphatic rings. The van der Waals surface area contributed by atoms with E-state index in [1.807, 2.05) is 13.2 Å². The minimum Gasteiger partial charge on any atom is -0.445 e. The topological polar surface area (TPSA) is 62.5 Å². The second kappa shape index (κ2) is 6.60. The van der Waals surface area contributed by atoms with Gasteiger partial charge < -0.3 is 14.8 Å². The van der Waals surface area contributed by atoms with E-state index in [1.54, 1.807) is 12.1 Å². The van der Waals surface area contributed by atoms with E-state index in [0.717, 1.165) is 11.5 Å². The van der Waals surface area contributed by atoms with Crippen LogP contribution in [0.1, 0.15) is 30.3 Å². The number of carbonyl (C=O) groups is 1. The molecule has 4 nitrogen and oxygen atoms in total. The molecule has 0 aromatic carbocycles. The van der Waals surface area contributed by atoms with Crippen LogP contribution in [0, 0.1) is 0 Å². The minimum atomic E-state index is -0.203. The molecule has 0 saturated heterocycles. The number of amides is 1. The molecule has 1 rings (SSSR count). The zero-order chi connectivity index (χ0) is 12.0. The highest BCUT2D eigenvalue weighted by atomic mass is 32.2. The van der Waals surface area contributed by atoms with Gasteiger partial charge in [-0.1, -0.05) is 11.8 Å². The van der Waals surface area contributed by atoms with Crippen molar-refractivity contribution in [3.05, 3.63) is 17.9 Å². The predicted molar refractivity (Wildman–Crippen MR) is 63.7 cm³/mol. The quantitative estimate of drug-likeness (QED) is 0.749. The molecule has 90 valence electrons. The Labute approximate surface area is 99.4 Å². The molecule has 0 bridgehead atoms. The first-order valence-corrected chi connectivity index (χ1v) is 6.45. The van der Waals surface area contributed by atoms with Gasteiger partial charge in [-0.15, -0.1) is 0 Å². The summed E-state index contributed by atoms with van der Waals surface area (Å²) in [5.41, 5.74) is 0. The maximum absolute atomic E-state index is 11.7. The van der Waals surface area contributed by atoms with Crippen molar-refractivity contribution in [3.63, 3.8) is 0 Å². The van der Waals surface area contributed by atoms with Crippen LogP contribution in [0.4, 0.5) is 0 Å². The number of aliphatic hydroxyl groups is 1. The van der Waals surface area contributed by atoms with Gasteiger partial charge in [-0.05, 0) is 38.2 Å². The van der Waals surface area contributed by atoms with Gasteiger partial charge in [-0.3, -0.25) is 4.79 Å². The smallest absolute Gasteiger partial charge is 0.287 e. The molecule has 0 aliphatic carbocycles. The van der Waals surface area contributed by atoms with Crippen molar-refractivity contribution in [3.8, 4) is 0 Å². The molecule has 1 aromatic rings. The van der Waals surface area contributed by atoms with Gasteiger partial charge in [0, 0.05) is 12.6 Å². The standard InChI is InChI=1S/C11H17NO3S/c1-8(4-3-7-13)12-11(14)9-5-6-10(15-9)16-2/h5-6,8,13H,3-4,7H2,1-2H3,(H,12,14). The normalized spacial score (nSPS) is 12.4. The van der Waals surface area contributed by atoms with Crippen LogP contribution >= 0.6 is 11.8 Å². The number of furan rings is 1. The van der Waals surface area contributed by atoms with Crippen molar-refractivity contribution in [2.24, 2.45) is 0 Å². The molecule has 5 heteroatoms. The van der Waals surface area contributed by atoms with Gasteiger partial charge >= 0.3 is 0 Å². The van der Waals surface area contributed by atoms with E-state index in [-0.39, 0.29) is 18.6 Å². The van der Waals surface area contributed by atoms with Crippen LogP contribution < -0.4 is 5.32 Å². The number of thioether (sulfide) groups is 1. The summed E-state index contributed by atoms with van der Waals surface area (Å²) in [5.74, 6) is 0.130. The average molecular weight is 243 g/mol. The predicted octanol–water partition coefficient (Wildman–Crippen LogP) is 1.89. The van der Waals surface area contributed by atoms with Crippen LogP contribution in [-0.2, 0) is 0 Å². The van der Waals surface area contributed by atoms with Gasteiger partial charge in [-0.25, -0.2) is 0 Å². The Morgan fingerprint density at radius 3 is 2.94 bits per heavy atom. The zero-order valence-electron chi connectivity index (χ0n) is 9.53. The lowest BCUT2D eigenvalue weighted by molar-refractivity contribution is 0.0903. The molecular formula is C11H17NO3S. The van der Waals surface area contributed by atoms with E-state index in [9.17, 15) is 4.79 Å². The monoisotopic (exact) mass is 243 g/mol. The van der Waals surface area contributed by atoms with E-state index < -0.39 is 0 Å². The first-order valence-electron chi connectivity index (χ1n) is 5.23. The van der Waals surface area contributed by atoms with E-state index in [4.69, 9.17) is 9.52 Å². The molecule has 1 aromatic heterocycles. The zero-order valence-corrected chi connectivity index (χ0v) is 10.3. The second-order valence-electron chi connectivity index (χ2n) is 3.56.